The van der Waals surface area contributed by atoms with E-state index in [4.69, 9.17) is 27.4 Å². The summed E-state index contributed by atoms with van der Waals surface area (Å²) in [5.41, 5.74) is 0.602. The first-order chi connectivity index (χ1) is 15.8. The Kier molecular flexibility index (Phi) is 7.60. The zero-order valence-electron chi connectivity index (χ0n) is 17.4. The number of hydrogen-bond acceptors (Lipinski definition) is 7. The number of benzene rings is 2. The number of piperidine rings is 1. The molecule has 0 atom stereocenters. The normalized spacial score (nSPS) is 14.8. The fraction of sp³-hybridized carbons (Fsp3) is 0.333. The van der Waals surface area contributed by atoms with Crippen molar-refractivity contribution in [1.82, 2.24) is 15.6 Å². The summed E-state index contributed by atoms with van der Waals surface area (Å²) in [5, 5.41) is 9.26. The lowest BCUT2D eigenvalue weighted by atomic mass is 9.95. The number of hydrogen-bond donors (Lipinski definition) is 3. The molecule has 2 amide bonds. The first-order valence-electron chi connectivity index (χ1n) is 10.4. The largest absolute Gasteiger partial charge is 0.379 e. The molecule has 12 heteroatoms. The Hall–Kier alpha value is -2.11. The van der Waals surface area contributed by atoms with Crippen molar-refractivity contribution >= 4 is 66.0 Å². The van der Waals surface area contributed by atoms with Crippen LogP contribution in [0.4, 0.5) is 9.93 Å². The van der Waals surface area contributed by atoms with Crippen LogP contribution in [-0.2, 0) is 10.1 Å². The number of urea groups is 1. The average molecular weight is 529 g/mol. The summed E-state index contributed by atoms with van der Waals surface area (Å²) < 4.78 is 31.2. The van der Waals surface area contributed by atoms with Crippen LogP contribution in [0.3, 0.4) is 0 Å². The molecule has 0 bridgehead atoms. The van der Waals surface area contributed by atoms with Gasteiger partial charge in [-0.1, -0.05) is 40.6 Å². The third kappa shape index (κ3) is 6.07. The Morgan fingerprint density at radius 1 is 1.18 bits per heavy atom. The van der Waals surface area contributed by atoms with Crippen molar-refractivity contribution in [2.75, 3.05) is 25.0 Å². The van der Waals surface area contributed by atoms with Gasteiger partial charge in [-0.3, -0.25) is 5.32 Å². The molecule has 0 unspecified atom stereocenters. The summed E-state index contributed by atoms with van der Waals surface area (Å²) >= 11 is 13.2. The lowest BCUT2D eigenvalue weighted by molar-refractivity contribution is 0.250. The molecule has 176 valence electrons. The minimum atomic E-state index is -4.24. The lowest BCUT2D eigenvalue weighted by Crippen LogP contribution is -2.33. The molecule has 0 saturated carbocycles. The second kappa shape index (κ2) is 10.4. The van der Waals surface area contributed by atoms with Crippen molar-refractivity contribution in [3.8, 4) is 5.75 Å². The zero-order chi connectivity index (χ0) is 23.4. The second-order valence-corrected chi connectivity index (χ2v) is 10.9. The van der Waals surface area contributed by atoms with Gasteiger partial charge in [-0.05, 0) is 62.5 Å². The Labute approximate surface area is 205 Å². The quantitative estimate of drug-likeness (QED) is 0.377. The summed E-state index contributed by atoms with van der Waals surface area (Å²) in [5.74, 6) is 0.712. The average Bonchev–Trinajstić information content (AvgIpc) is 3.15. The smallest absolute Gasteiger partial charge is 0.342 e. The number of nitrogens with one attached hydrogen (secondary N) is 3. The van der Waals surface area contributed by atoms with Gasteiger partial charge in [0.05, 0.1) is 20.3 Å². The fourth-order valence-electron chi connectivity index (χ4n) is 3.60. The number of carbonyl (C=O) groups is 1. The summed E-state index contributed by atoms with van der Waals surface area (Å²) in [6.45, 7) is 2.66. The van der Waals surface area contributed by atoms with E-state index in [0.717, 1.165) is 32.4 Å². The van der Waals surface area contributed by atoms with Gasteiger partial charge in [0, 0.05) is 12.6 Å². The highest BCUT2D eigenvalue weighted by Gasteiger charge is 2.24. The predicted octanol–water partition coefficient (Wildman–Crippen LogP) is 4.88. The Balaban J connectivity index is 1.39. The highest BCUT2D eigenvalue weighted by molar-refractivity contribution is 7.87. The molecular weight excluding hydrogens is 507 g/mol. The number of carbonyl (C=O) groups excluding carboxylic acids is 1. The Morgan fingerprint density at radius 2 is 1.91 bits per heavy atom. The number of halogens is 2. The van der Waals surface area contributed by atoms with E-state index in [0.29, 0.717) is 27.8 Å². The van der Waals surface area contributed by atoms with Crippen molar-refractivity contribution in [2.45, 2.75) is 24.2 Å². The van der Waals surface area contributed by atoms with Crippen LogP contribution in [-0.4, -0.2) is 39.1 Å². The molecule has 4 rings (SSSR count). The molecule has 1 aliphatic heterocycles. The molecule has 8 nitrogen and oxygen atoms in total. The van der Waals surface area contributed by atoms with Gasteiger partial charge < -0.3 is 14.8 Å². The predicted molar refractivity (Wildman–Crippen MR) is 131 cm³/mol. The van der Waals surface area contributed by atoms with E-state index in [-0.39, 0.29) is 26.7 Å². The molecule has 2 heterocycles. The number of nitrogens with zero attached hydrogens (tertiary/aromatic N) is 1. The summed E-state index contributed by atoms with van der Waals surface area (Å²) in [7, 11) is -4.24. The molecule has 3 N–H and O–H groups in total. The second-order valence-electron chi connectivity index (χ2n) is 7.60. The number of anilines is 1. The third-order valence-corrected chi connectivity index (χ3v) is 8.39. The van der Waals surface area contributed by atoms with Gasteiger partial charge in [0.25, 0.3) is 0 Å². The van der Waals surface area contributed by atoms with Crippen LogP contribution in [0.15, 0.2) is 41.3 Å². The third-order valence-electron chi connectivity index (χ3n) is 5.25. The van der Waals surface area contributed by atoms with Gasteiger partial charge in [0.2, 0.25) is 0 Å². The number of thiazole rings is 1. The minimum absolute atomic E-state index is 0.0287. The van der Waals surface area contributed by atoms with Crippen LogP contribution in [0.2, 0.25) is 10.0 Å². The van der Waals surface area contributed by atoms with Crippen LogP contribution in [0.5, 0.6) is 5.75 Å². The molecule has 1 aliphatic rings. The molecule has 0 aliphatic carbocycles. The zero-order valence-corrected chi connectivity index (χ0v) is 20.6. The Bertz CT molecular complexity index is 1240. The maximum Gasteiger partial charge on any atom is 0.342 e. The van der Waals surface area contributed by atoms with Gasteiger partial charge in [-0.15, -0.1) is 0 Å². The maximum absolute atomic E-state index is 12.7. The minimum Gasteiger partial charge on any atom is -0.379 e. The molecule has 1 aromatic heterocycles. The highest BCUT2D eigenvalue weighted by atomic mass is 35.5. The first kappa shape index (κ1) is 24.0. The highest BCUT2D eigenvalue weighted by Crippen LogP contribution is 2.34. The molecular formula is C21H22Cl2N4O4S2. The molecule has 0 radical (unpaired) electrons. The molecule has 1 saturated heterocycles. The van der Waals surface area contributed by atoms with E-state index in [1.54, 1.807) is 12.1 Å². The van der Waals surface area contributed by atoms with Crippen LogP contribution >= 0.6 is 34.5 Å². The van der Waals surface area contributed by atoms with Gasteiger partial charge in [0.15, 0.2) is 5.13 Å². The van der Waals surface area contributed by atoms with Crippen LogP contribution < -0.4 is 20.1 Å². The van der Waals surface area contributed by atoms with Gasteiger partial charge in [-0.25, -0.2) is 9.78 Å². The van der Waals surface area contributed by atoms with E-state index in [2.05, 4.69) is 20.9 Å². The Morgan fingerprint density at radius 3 is 2.64 bits per heavy atom. The topological polar surface area (TPSA) is 109 Å². The van der Waals surface area contributed by atoms with Crippen LogP contribution in [0.25, 0.3) is 10.2 Å². The number of rotatable bonds is 7. The van der Waals surface area contributed by atoms with Gasteiger partial charge >= 0.3 is 16.1 Å². The lowest BCUT2D eigenvalue weighted by Gasteiger charge is -2.22. The molecule has 0 spiro atoms. The van der Waals surface area contributed by atoms with Crippen molar-refractivity contribution in [3.63, 3.8) is 0 Å². The van der Waals surface area contributed by atoms with E-state index >= 15 is 0 Å². The maximum atomic E-state index is 12.7. The number of fused-ring (bicyclic) bond motifs is 1. The molecule has 2 aromatic carbocycles. The fourth-order valence-corrected chi connectivity index (χ4v) is 6.51. The van der Waals surface area contributed by atoms with Crippen molar-refractivity contribution in [3.05, 3.63) is 46.4 Å². The summed E-state index contributed by atoms with van der Waals surface area (Å²) in [6, 6.07) is 8.70. The van der Waals surface area contributed by atoms with Gasteiger partial charge in [-0.2, -0.15) is 8.42 Å². The van der Waals surface area contributed by atoms with Crippen molar-refractivity contribution in [2.24, 2.45) is 5.92 Å². The van der Waals surface area contributed by atoms with Crippen LogP contribution in [0.1, 0.15) is 19.3 Å². The van der Waals surface area contributed by atoms with Crippen molar-refractivity contribution in [1.29, 1.82) is 0 Å². The molecule has 1 fully saturated rings. The SMILES string of the molecule is O=C(NCCC1CCNCC1)Nc1nc2ccc(OS(=O)(=O)c3c(Cl)cccc3Cl)cc2s1. The molecule has 33 heavy (non-hydrogen) atoms. The van der Waals surface area contributed by atoms with E-state index in [1.165, 1.54) is 35.6 Å². The number of amides is 2. The van der Waals surface area contributed by atoms with E-state index in [1.807, 2.05) is 0 Å². The molecule has 3 aromatic rings. The summed E-state index contributed by atoms with van der Waals surface area (Å²) in [4.78, 5) is 16.3. The standard InChI is InChI=1S/C21H22Cl2N4O4S2/c22-15-2-1-3-16(23)19(15)33(29,30)31-14-4-5-17-18(12-14)32-21(26-17)27-20(28)25-11-8-13-6-9-24-10-7-13/h1-5,12-13,24H,6-11H2,(H2,25,26,27,28). The number of aromatic nitrogens is 1. The van der Waals surface area contributed by atoms with E-state index < -0.39 is 10.1 Å². The van der Waals surface area contributed by atoms with E-state index in [9.17, 15) is 13.2 Å². The first-order valence-corrected chi connectivity index (χ1v) is 13.3. The summed E-state index contributed by atoms with van der Waals surface area (Å²) in [6.07, 6.45) is 3.20. The van der Waals surface area contributed by atoms with Gasteiger partial charge in [0.1, 0.15) is 10.6 Å². The van der Waals surface area contributed by atoms with Crippen LogP contribution in [0, 0.1) is 5.92 Å². The van der Waals surface area contributed by atoms with Crippen molar-refractivity contribution < 1.29 is 17.4 Å². The monoisotopic (exact) mass is 528 g/mol.